The minimum Gasteiger partial charge on any atom is -0.481 e. The lowest BCUT2D eigenvalue weighted by atomic mass is 9.81. The van der Waals surface area contributed by atoms with Crippen LogP contribution in [0, 0.1) is 11.3 Å². The van der Waals surface area contributed by atoms with Crippen molar-refractivity contribution in [3.63, 3.8) is 0 Å². The minimum atomic E-state index is -0.689. The number of carbonyl (C=O) groups is 1. The lowest BCUT2D eigenvalue weighted by molar-refractivity contribution is -0.149. The minimum absolute atomic E-state index is 0.150. The standard InChI is InChI=1S/C16H22ClN3O3/c1-23-5-4-19-8-13-9-20(11-16(13,10-19)15(21)22)7-12-2-3-18-6-14(12)17/h2-3,6,13H,4-5,7-11H2,1H3,(H,21,22)/t13-,16-/m1/s1. The van der Waals surface area contributed by atoms with Crippen molar-refractivity contribution in [3.05, 3.63) is 29.0 Å². The maximum absolute atomic E-state index is 12.0. The van der Waals surface area contributed by atoms with Gasteiger partial charge in [-0.2, -0.15) is 0 Å². The number of carboxylic acid groups (broad SMARTS) is 1. The number of likely N-dealkylation sites (tertiary alicyclic amines) is 2. The van der Waals surface area contributed by atoms with Crippen molar-refractivity contribution in [1.82, 2.24) is 14.8 Å². The topological polar surface area (TPSA) is 65.9 Å². The third-order valence-corrected chi connectivity index (χ3v) is 5.38. The summed E-state index contributed by atoms with van der Waals surface area (Å²) in [5, 5.41) is 10.5. The molecule has 1 aromatic rings. The number of fused-ring (bicyclic) bond motifs is 1. The molecule has 23 heavy (non-hydrogen) atoms. The Kier molecular flexibility index (Phi) is 4.87. The first-order valence-electron chi connectivity index (χ1n) is 7.80. The molecule has 0 aliphatic carbocycles. The summed E-state index contributed by atoms with van der Waals surface area (Å²) in [6.45, 7) is 4.86. The van der Waals surface area contributed by atoms with E-state index < -0.39 is 11.4 Å². The SMILES string of the molecule is COCCN1C[C@@H]2CN(Cc3ccncc3Cl)C[C@]2(C(=O)O)C1. The molecule has 0 spiro atoms. The molecule has 3 rings (SSSR count). The first-order valence-corrected chi connectivity index (χ1v) is 8.18. The first-order chi connectivity index (χ1) is 11.0. The molecule has 1 N–H and O–H groups in total. The molecule has 2 saturated heterocycles. The summed E-state index contributed by atoms with van der Waals surface area (Å²) < 4.78 is 5.11. The molecule has 3 heterocycles. The van der Waals surface area contributed by atoms with Gasteiger partial charge in [0.05, 0.1) is 17.0 Å². The van der Waals surface area contributed by atoms with E-state index in [2.05, 4.69) is 14.8 Å². The Morgan fingerprint density at radius 1 is 1.48 bits per heavy atom. The molecule has 0 unspecified atom stereocenters. The van der Waals surface area contributed by atoms with Crippen LogP contribution in [0.1, 0.15) is 5.56 Å². The molecular weight excluding hydrogens is 318 g/mol. The molecule has 2 fully saturated rings. The van der Waals surface area contributed by atoms with Crippen LogP contribution in [-0.4, -0.2) is 72.3 Å². The molecule has 2 aliphatic rings. The molecule has 2 atom stereocenters. The summed E-state index contributed by atoms with van der Waals surface area (Å²) in [5.74, 6) is -0.539. The fourth-order valence-corrected chi connectivity index (χ4v) is 4.04. The number of methoxy groups -OCH3 is 1. The fraction of sp³-hybridized carbons (Fsp3) is 0.625. The van der Waals surface area contributed by atoms with E-state index in [0.29, 0.717) is 31.3 Å². The van der Waals surface area contributed by atoms with E-state index in [1.54, 1.807) is 19.5 Å². The number of rotatable bonds is 6. The van der Waals surface area contributed by atoms with Gasteiger partial charge in [-0.3, -0.25) is 19.6 Å². The van der Waals surface area contributed by atoms with Gasteiger partial charge in [0.15, 0.2) is 0 Å². The first kappa shape index (κ1) is 16.6. The van der Waals surface area contributed by atoms with Crippen molar-refractivity contribution in [1.29, 1.82) is 0 Å². The second-order valence-electron chi connectivity index (χ2n) is 6.52. The maximum Gasteiger partial charge on any atom is 0.312 e. The predicted molar refractivity (Wildman–Crippen MR) is 86.4 cm³/mol. The van der Waals surface area contributed by atoms with Crippen LogP contribution in [0.2, 0.25) is 5.02 Å². The average Bonchev–Trinajstić information content (AvgIpc) is 3.02. The number of halogens is 1. The number of pyridine rings is 1. The van der Waals surface area contributed by atoms with Gasteiger partial charge in [-0.15, -0.1) is 0 Å². The van der Waals surface area contributed by atoms with Crippen LogP contribution in [0.5, 0.6) is 0 Å². The summed E-state index contributed by atoms with van der Waals surface area (Å²) in [4.78, 5) is 20.4. The zero-order valence-corrected chi connectivity index (χ0v) is 14.0. The summed E-state index contributed by atoms with van der Waals surface area (Å²) >= 11 is 6.17. The zero-order valence-electron chi connectivity index (χ0n) is 13.2. The number of hydrogen-bond acceptors (Lipinski definition) is 5. The van der Waals surface area contributed by atoms with Crippen molar-refractivity contribution < 1.29 is 14.6 Å². The highest BCUT2D eigenvalue weighted by Gasteiger charge is 2.57. The largest absolute Gasteiger partial charge is 0.481 e. The van der Waals surface area contributed by atoms with E-state index >= 15 is 0 Å². The Balaban J connectivity index is 1.69. The van der Waals surface area contributed by atoms with E-state index in [-0.39, 0.29) is 5.92 Å². The highest BCUT2D eigenvalue weighted by atomic mass is 35.5. The number of nitrogens with zero attached hydrogens (tertiary/aromatic N) is 3. The van der Waals surface area contributed by atoms with Gasteiger partial charge in [0.2, 0.25) is 0 Å². The van der Waals surface area contributed by atoms with Gasteiger partial charge in [0.25, 0.3) is 0 Å². The molecule has 2 aliphatic heterocycles. The van der Waals surface area contributed by atoms with Crippen molar-refractivity contribution in [2.45, 2.75) is 6.54 Å². The van der Waals surface area contributed by atoms with Crippen LogP contribution in [0.15, 0.2) is 18.5 Å². The van der Waals surface area contributed by atoms with Crippen molar-refractivity contribution in [2.24, 2.45) is 11.3 Å². The Bertz CT molecular complexity index is 585. The van der Waals surface area contributed by atoms with Crippen LogP contribution in [-0.2, 0) is 16.1 Å². The number of aromatic nitrogens is 1. The van der Waals surface area contributed by atoms with Gasteiger partial charge in [0, 0.05) is 64.7 Å². The molecule has 1 aromatic heterocycles. The molecule has 0 saturated carbocycles. The molecular formula is C16H22ClN3O3. The molecule has 0 aromatic carbocycles. The van der Waals surface area contributed by atoms with Crippen molar-refractivity contribution in [2.75, 3.05) is 46.4 Å². The summed E-state index contributed by atoms with van der Waals surface area (Å²) in [6, 6.07) is 1.90. The highest BCUT2D eigenvalue weighted by Crippen LogP contribution is 2.43. The van der Waals surface area contributed by atoms with Gasteiger partial charge in [-0.25, -0.2) is 0 Å². The van der Waals surface area contributed by atoms with Gasteiger partial charge in [-0.05, 0) is 11.6 Å². The van der Waals surface area contributed by atoms with Crippen LogP contribution in [0.3, 0.4) is 0 Å². The van der Waals surface area contributed by atoms with E-state index in [1.807, 2.05) is 6.07 Å². The van der Waals surface area contributed by atoms with Gasteiger partial charge in [-0.1, -0.05) is 11.6 Å². The van der Waals surface area contributed by atoms with E-state index in [4.69, 9.17) is 16.3 Å². The second kappa shape index (κ2) is 6.73. The fourth-order valence-electron chi connectivity index (χ4n) is 3.86. The lowest BCUT2D eigenvalue weighted by Gasteiger charge is -2.25. The van der Waals surface area contributed by atoms with Crippen LogP contribution in [0.25, 0.3) is 0 Å². The number of ether oxygens (including phenoxy) is 1. The molecule has 126 valence electrons. The van der Waals surface area contributed by atoms with Crippen LogP contribution >= 0.6 is 11.6 Å². The smallest absolute Gasteiger partial charge is 0.312 e. The Morgan fingerprint density at radius 2 is 2.22 bits per heavy atom. The monoisotopic (exact) mass is 339 g/mol. The predicted octanol–water partition coefficient (Wildman–Crippen LogP) is 1.20. The number of hydrogen-bond donors (Lipinski definition) is 1. The third-order valence-electron chi connectivity index (χ3n) is 5.04. The van der Waals surface area contributed by atoms with E-state index in [0.717, 1.165) is 25.2 Å². The number of aliphatic carboxylic acids is 1. The van der Waals surface area contributed by atoms with Gasteiger partial charge < -0.3 is 9.84 Å². The molecule has 0 bridgehead atoms. The molecule has 0 amide bonds. The zero-order chi connectivity index (χ0) is 16.4. The van der Waals surface area contributed by atoms with Crippen LogP contribution in [0.4, 0.5) is 0 Å². The summed E-state index contributed by atoms with van der Waals surface area (Å²) in [6.07, 6.45) is 3.35. The van der Waals surface area contributed by atoms with Gasteiger partial charge >= 0.3 is 5.97 Å². The number of carboxylic acids is 1. The highest BCUT2D eigenvalue weighted by molar-refractivity contribution is 6.31. The normalized spacial score (nSPS) is 28.2. The molecule has 0 radical (unpaired) electrons. The summed E-state index contributed by atoms with van der Waals surface area (Å²) in [7, 11) is 1.67. The average molecular weight is 340 g/mol. The Morgan fingerprint density at radius 3 is 2.87 bits per heavy atom. The van der Waals surface area contributed by atoms with E-state index in [1.165, 1.54) is 0 Å². The maximum atomic E-state index is 12.0. The third kappa shape index (κ3) is 3.21. The molecule has 6 nitrogen and oxygen atoms in total. The lowest BCUT2D eigenvalue weighted by Crippen LogP contribution is -2.41. The van der Waals surface area contributed by atoms with Crippen molar-refractivity contribution in [3.8, 4) is 0 Å². The summed E-state index contributed by atoms with van der Waals surface area (Å²) in [5.41, 5.74) is 0.325. The van der Waals surface area contributed by atoms with Crippen LogP contribution < -0.4 is 0 Å². The second-order valence-corrected chi connectivity index (χ2v) is 6.93. The Hall–Kier alpha value is -1.21. The molecule has 7 heteroatoms. The Labute approximate surface area is 141 Å². The van der Waals surface area contributed by atoms with Gasteiger partial charge in [0.1, 0.15) is 0 Å². The van der Waals surface area contributed by atoms with Crippen molar-refractivity contribution >= 4 is 17.6 Å². The quantitative estimate of drug-likeness (QED) is 0.840. The van der Waals surface area contributed by atoms with E-state index in [9.17, 15) is 9.90 Å².